The zero-order chi connectivity index (χ0) is 13.6. The monoisotopic (exact) mass is 268 g/mol. The molecule has 2 rings (SSSR count). The van der Waals surface area contributed by atoms with Crippen LogP contribution in [0.1, 0.15) is 35.7 Å². The minimum atomic E-state index is -3.80. The first-order chi connectivity index (χ1) is 8.21. The summed E-state index contributed by atoms with van der Waals surface area (Å²) in [5.41, 5.74) is 0.716. The van der Waals surface area contributed by atoms with Gasteiger partial charge in [-0.2, -0.15) is 0 Å². The molecule has 1 aliphatic carbocycles. The van der Waals surface area contributed by atoms with E-state index in [4.69, 9.17) is 5.14 Å². The maximum absolute atomic E-state index is 11.9. The molecule has 0 spiro atoms. The molecule has 1 amide bonds. The minimum Gasteiger partial charge on any atom is -0.347 e. The van der Waals surface area contributed by atoms with Gasteiger partial charge in [0.15, 0.2) is 0 Å². The van der Waals surface area contributed by atoms with Crippen LogP contribution in [0.25, 0.3) is 0 Å². The Bertz CT molecular complexity index is 604. The zero-order valence-electron chi connectivity index (χ0n) is 10.4. The Morgan fingerprint density at radius 1 is 1.39 bits per heavy atom. The van der Waals surface area contributed by atoms with Gasteiger partial charge in [0.25, 0.3) is 5.91 Å². The third kappa shape index (κ3) is 2.70. The Hall–Kier alpha value is -1.40. The van der Waals surface area contributed by atoms with Crippen molar-refractivity contribution < 1.29 is 13.2 Å². The van der Waals surface area contributed by atoms with Gasteiger partial charge >= 0.3 is 0 Å². The van der Waals surface area contributed by atoms with E-state index in [-0.39, 0.29) is 16.3 Å². The second kappa shape index (κ2) is 4.07. The third-order valence-corrected chi connectivity index (χ3v) is 4.23. The van der Waals surface area contributed by atoms with Crippen LogP contribution in [0.2, 0.25) is 0 Å². The fourth-order valence-corrected chi connectivity index (χ4v) is 2.51. The van der Waals surface area contributed by atoms with Crippen LogP contribution in [0.4, 0.5) is 0 Å². The van der Waals surface area contributed by atoms with E-state index in [1.54, 1.807) is 19.1 Å². The lowest BCUT2D eigenvalue weighted by molar-refractivity contribution is 0.0935. The number of rotatable bonds is 3. The molecule has 1 aliphatic rings. The number of nitrogens with one attached hydrogen (secondary N) is 1. The standard InChI is InChI=1S/C12H16N2O3S/c1-8-3-4-9(7-10(8)18(13,16)17)11(15)14-12(2)5-6-12/h3-4,7H,5-6H2,1-2H3,(H,14,15)(H2,13,16,17). The summed E-state index contributed by atoms with van der Waals surface area (Å²) in [6.07, 6.45) is 1.90. The van der Waals surface area contributed by atoms with Crippen LogP contribution in [0, 0.1) is 6.92 Å². The van der Waals surface area contributed by atoms with Gasteiger partial charge in [0.05, 0.1) is 4.90 Å². The molecule has 18 heavy (non-hydrogen) atoms. The van der Waals surface area contributed by atoms with E-state index in [1.807, 2.05) is 6.92 Å². The molecule has 0 unspecified atom stereocenters. The molecule has 6 heteroatoms. The van der Waals surface area contributed by atoms with Crippen molar-refractivity contribution in [2.45, 2.75) is 37.1 Å². The Morgan fingerprint density at radius 3 is 2.50 bits per heavy atom. The molecule has 0 radical (unpaired) electrons. The van der Waals surface area contributed by atoms with Crippen LogP contribution >= 0.6 is 0 Å². The summed E-state index contributed by atoms with van der Waals surface area (Å²) in [6.45, 7) is 3.60. The van der Waals surface area contributed by atoms with E-state index in [2.05, 4.69) is 5.32 Å². The topological polar surface area (TPSA) is 89.3 Å². The molecule has 98 valence electrons. The molecule has 5 nitrogen and oxygen atoms in total. The summed E-state index contributed by atoms with van der Waals surface area (Å²) in [4.78, 5) is 11.9. The number of primary sulfonamides is 1. The first-order valence-electron chi connectivity index (χ1n) is 5.67. The maximum atomic E-state index is 11.9. The summed E-state index contributed by atoms with van der Waals surface area (Å²) in [7, 11) is -3.80. The number of nitrogens with two attached hydrogens (primary N) is 1. The van der Waals surface area contributed by atoms with Crippen LogP contribution < -0.4 is 10.5 Å². The summed E-state index contributed by atoms with van der Waals surface area (Å²) < 4.78 is 22.7. The Labute approximate surface area is 106 Å². The number of aryl methyl sites for hydroxylation is 1. The number of carbonyl (C=O) groups is 1. The van der Waals surface area contributed by atoms with Crippen molar-refractivity contribution in [2.75, 3.05) is 0 Å². The van der Waals surface area contributed by atoms with E-state index in [0.29, 0.717) is 11.1 Å². The fourth-order valence-electron chi connectivity index (χ4n) is 1.71. The van der Waals surface area contributed by atoms with Gasteiger partial charge in [-0.05, 0) is 44.4 Å². The lowest BCUT2D eigenvalue weighted by Crippen LogP contribution is -2.34. The zero-order valence-corrected chi connectivity index (χ0v) is 11.2. The normalized spacial score (nSPS) is 17.3. The number of hydrogen-bond donors (Lipinski definition) is 2. The Balaban J connectivity index is 2.32. The molecule has 0 aliphatic heterocycles. The van der Waals surface area contributed by atoms with Gasteiger partial charge in [0.1, 0.15) is 0 Å². The summed E-state index contributed by atoms with van der Waals surface area (Å²) in [5.74, 6) is -0.264. The number of benzene rings is 1. The Morgan fingerprint density at radius 2 is 2.00 bits per heavy atom. The molecule has 0 bridgehead atoms. The average Bonchev–Trinajstić information content (AvgIpc) is 2.94. The molecule has 1 aromatic carbocycles. The van der Waals surface area contributed by atoms with E-state index in [9.17, 15) is 13.2 Å². The van der Waals surface area contributed by atoms with Crippen molar-refractivity contribution in [2.24, 2.45) is 5.14 Å². The number of amides is 1. The SMILES string of the molecule is Cc1ccc(C(=O)NC2(C)CC2)cc1S(N)(=O)=O. The predicted molar refractivity (Wildman–Crippen MR) is 67.7 cm³/mol. The third-order valence-electron chi connectivity index (χ3n) is 3.17. The molecule has 1 saturated carbocycles. The lowest BCUT2D eigenvalue weighted by Gasteiger charge is -2.12. The molecule has 0 heterocycles. The maximum Gasteiger partial charge on any atom is 0.251 e. The van der Waals surface area contributed by atoms with Crippen molar-refractivity contribution in [1.29, 1.82) is 0 Å². The van der Waals surface area contributed by atoms with Crippen molar-refractivity contribution in [3.8, 4) is 0 Å². The fraction of sp³-hybridized carbons (Fsp3) is 0.417. The van der Waals surface area contributed by atoms with E-state index < -0.39 is 10.0 Å². The highest BCUT2D eigenvalue weighted by Crippen LogP contribution is 2.34. The summed E-state index contributed by atoms with van der Waals surface area (Å²) in [6, 6.07) is 4.51. The van der Waals surface area contributed by atoms with Crippen LogP contribution in [-0.2, 0) is 10.0 Å². The van der Waals surface area contributed by atoms with Crippen molar-refractivity contribution in [3.63, 3.8) is 0 Å². The largest absolute Gasteiger partial charge is 0.347 e. The van der Waals surface area contributed by atoms with Gasteiger partial charge in [0, 0.05) is 11.1 Å². The van der Waals surface area contributed by atoms with E-state index in [0.717, 1.165) is 12.8 Å². The molecule has 1 fully saturated rings. The summed E-state index contributed by atoms with van der Waals surface area (Å²) >= 11 is 0. The quantitative estimate of drug-likeness (QED) is 0.854. The molecule has 3 N–H and O–H groups in total. The van der Waals surface area contributed by atoms with Gasteiger partial charge in [-0.15, -0.1) is 0 Å². The van der Waals surface area contributed by atoms with Gasteiger partial charge in [-0.3, -0.25) is 4.79 Å². The highest BCUT2D eigenvalue weighted by atomic mass is 32.2. The molecule has 0 atom stereocenters. The molecular weight excluding hydrogens is 252 g/mol. The first kappa shape index (κ1) is 13.0. The van der Waals surface area contributed by atoms with E-state index >= 15 is 0 Å². The second-order valence-electron chi connectivity index (χ2n) is 5.04. The molecular formula is C12H16N2O3S. The van der Waals surface area contributed by atoms with Crippen LogP contribution in [0.15, 0.2) is 23.1 Å². The lowest BCUT2D eigenvalue weighted by atomic mass is 10.1. The number of sulfonamides is 1. The van der Waals surface area contributed by atoms with Gasteiger partial charge in [-0.25, -0.2) is 13.6 Å². The van der Waals surface area contributed by atoms with E-state index in [1.165, 1.54) is 6.07 Å². The smallest absolute Gasteiger partial charge is 0.251 e. The van der Waals surface area contributed by atoms with Crippen molar-refractivity contribution in [3.05, 3.63) is 29.3 Å². The second-order valence-corrected chi connectivity index (χ2v) is 6.57. The minimum absolute atomic E-state index is 0.00361. The van der Waals surface area contributed by atoms with Gasteiger partial charge in [-0.1, -0.05) is 6.07 Å². The predicted octanol–water partition coefficient (Wildman–Crippen LogP) is 0.925. The van der Waals surface area contributed by atoms with Crippen LogP contribution in [0.3, 0.4) is 0 Å². The Kier molecular flexibility index (Phi) is 2.95. The van der Waals surface area contributed by atoms with Crippen molar-refractivity contribution in [1.82, 2.24) is 5.32 Å². The summed E-state index contributed by atoms with van der Waals surface area (Å²) in [5, 5.41) is 7.98. The van der Waals surface area contributed by atoms with Gasteiger partial charge in [0.2, 0.25) is 10.0 Å². The first-order valence-corrected chi connectivity index (χ1v) is 7.22. The highest BCUT2D eigenvalue weighted by Gasteiger charge is 2.38. The average molecular weight is 268 g/mol. The van der Waals surface area contributed by atoms with Crippen LogP contribution in [0.5, 0.6) is 0 Å². The molecule has 0 saturated heterocycles. The number of hydrogen-bond acceptors (Lipinski definition) is 3. The van der Waals surface area contributed by atoms with Crippen LogP contribution in [-0.4, -0.2) is 19.9 Å². The highest BCUT2D eigenvalue weighted by molar-refractivity contribution is 7.89. The molecule has 0 aromatic heterocycles. The molecule has 1 aromatic rings. The van der Waals surface area contributed by atoms with Gasteiger partial charge < -0.3 is 5.32 Å². The number of carbonyl (C=O) groups excluding carboxylic acids is 1. The van der Waals surface area contributed by atoms with Crippen molar-refractivity contribution >= 4 is 15.9 Å².